The van der Waals surface area contributed by atoms with Crippen molar-refractivity contribution in [1.82, 2.24) is 15.4 Å². The van der Waals surface area contributed by atoms with Gasteiger partial charge in [0, 0.05) is 13.6 Å². The van der Waals surface area contributed by atoms with E-state index >= 15 is 0 Å². The minimum absolute atomic E-state index is 0.129. The van der Waals surface area contributed by atoms with Crippen LogP contribution in [0.5, 0.6) is 0 Å². The van der Waals surface area contributed by atoms with Crippen molar-refractivity contribution >= 4 is 19.0 Å². The van der Waals surface area contributed by atoms with Gasteiger partial charge in [-0.1, -0.05) is 30.3 Å². The van der Waals surface area contributed by atoms with Gasteiger partial charge in [-0.3, -0.25) is 9.69 Å². The van der Waals surface area contributed by atoms with Crippen LogP contribution in [-0.4, -0.2) is 42.5 Å². The molecule has 1 heterocycles. The second kappa shape index (κ2) is 5.03. The SMILES string of the molecule is CB(O)NCC1(c2ccccc2)NC(=O)N(C)C1=O. The number of nitrogens with zero attached hydrogens (tertiary/aromatic N) is 1. The highest BCUT2D eigenvalue weighted by molar-refractivity contribution is 6.45. The van der Waals surface area contributed by atoms with E-state index in [1.54, 1.807) is 31.1 Å². The molecule has 3 N–H and O–H groups in total. The van der Waals surface area contributed by atoms with Crippen molar-refractivity contribution in [2.24, 2.45) is 0 Å². The summed E-state index contributed by atoms with van der Waals surface area (Å²) in [7, 11) is 0.668. The van der Waals surface area contributed by atoms with Crippen molar-refractivity contribution in [2.75, 3.05) is 13.6 Å². The molecule has 0 saturated carbocycles. The number of amides is 3. The number of imide groups is 1. The first kappa shape index (κ1) is 13.6. The van der Waals surface area contributed by atoms with Gasteiger partial charge in [-0.15, -0.1) is 0 Å². The van der Waals surface area contributed by atoms with E-state index in [4.69, 9.17) is 0 Å². The molecule has 1 aromatic carbocycles. The van der Waals surface area contributed by atoms with E-state index in [0.717, 1.165) is 4.90 Å². The Balaban J connectivity index is 2.40. The van der Waals surface area contributed by atoms with Crippen LogP contribution in [0.2, 0.25) is 6.82 Å². The number of carbonyl (C=O) groups is 2. The summed E-state index contributed by atoms with van der Waals surface area (Å²) < 4.78 is 0. The highest BCUT2D eigenvalue weighted by Crippen LogP contribution is 2.27. The average Bonchev–Trinajstić information content (AvgIpc) is 2.63. The Kier molecular flexibility index (Phi) is 3.59. The molecular formula is C12H16BN3O3. The molecule has 1 saturated heterocycles. The van der Waals surface area contributed by atoms with Crippen molar-refractivity contribution in [2.45, 2.75) is 12.4 Å². The maximum Gasteiger partial charge on any atom is 0.373 e. The van der Waals surface area contributed by atoms with E-state index in [1.165, 1.54) is 7.05 Å². The van der Waals surface area contributed by atoms with Crippen LogP contribution in [-0.2, 0) is 10.3 Å². The zero-order chi connectivity index (χ0) is 14.0. The molecule has 2 rings (SSSR count). The van der Waals surface area contributed by atoms with Crippen molar-refractivity contribution in [3.05, 3.63) is 35.9 Å². The van der Waals surface area contributed by atoms with Gasteiger partial charge in [0.05, 0.1) is 0 Å². The predicted molar refractivity (Wildman–Crippen MR) is 71.3 cm³/mol. The molecular weight excluding hydrogens is 245 g/mol. The van der Waals surface area contributed by atoms with Crippen LogP contribution in [0.3, 0.4) is 0 Å². The quantitative estimate of drug-likeness (QED) is 0.516. The molecule has 6 nitrogen and oxygen atoms in total. The van der Waals surface area contributed by atoms with Crippen molar-refractivity contribution < 1.29 is 14.6 Å². The summed E-state index contributed by atoms with van der Waals surface area (Å²) in [5.74, 6) is -0.336. The zero-order valence-corrected chi connectivity index (χ0v) is 10.9. The Bertz CT molecular complexity index is 494. The first-order chi connectivity index (χ1) is 8.97. The lowest BCUT2D eigenvalue weighted by Crippen LogP contribution is -2.53. The minimum atomic E-state index is -1.16. The molecule has 7 heteroatoms. The summed E-state index contributed by atoms with van der Waals surface area (Å²) in [6.07, 6.45) is 0. The fraction of sp³-hybridized carbons (Fsp3) is 0.333. The van der Waals surface area contributed by atoms with Gasteiger partial charge < -0.3 is 15.6 Å². The van der Waals surface area contributed by atoms with Crippen LogP contribution in [0.15, 0.2) is 30.3 Å². The van der Waals surface area contributed by atoms with E-state index in [0.29, 0.717) is 5.56 Å². The van der Waals surface area contributed by atoms with Crippen LogP contribution >= 0.6 is 0 Å². The molecule has 0 radical (unpaired) electrons. The largest absolute Gasteiger partial charge is 0.437 e. The fourth-order valence-corrected chi connectivity index (χ4v) is 2.14. The van der Waals surface area contributed by atoms with Crippen LogP contribution in [0.1, 0.15) is 5.56 Å². The number of likely N-dealkylation sites (N-methyl/N-ethyl adjacent to an activating group) is 1. The van der Waals surface area contributed by atoms with E-state index < -0.39 is 18.6 Å². The topological polar surface area (TPSA) is 81.7 Å². The lowest BCUT2D eigenvalue weighted by atomic mass is 9.83. The van der Waals surface area contributed by atoms with E-state index in [2.05, 4.69) is 10.5 Å². The Labute approximate surface area is 111 Å². The van der Waals surface area contributed by atoms with Crippen LogP contribution in [0.4, 0.5) is 4.79 Å². The smallest absolute Gasteiger partial charge is 0.373 e. The predicted octanol–water partition coefficient (Wildman–Crippen LogP) is -0.237. The van der Waals surface area contributed by atoms with Crippen molar-refractivity contribution in [3.8, 4) is 0 Å². The molecule has 0 aliphatic carbocycles. The number of urea groups is 1. The van der Waals surface area contributed by atoms with Gasteiger partial charge in [-0.25, -0.2) is 4.79 Å². The second-order valence-electron chi connectivity index (χ2n) is 4.62. The number of hydrogen-bond acceptors (Lipinski definition) is 4. The van der Waals surface area contributed by atoms with Crippen LogP contribution in [0, 0.1) is 0 Å². The molecule has 19 heavy (non-hydrogen) atoms. The van der Waals surface area contributed by atoms with Gasteiger partial charge in [0.15, 0.2) is 5.54 Å². The summed E-state index contributed by atoms with van der Waals surface area (Å²) in [4.78, 5) is 25.1. The summed E-state index contributed by atoms with van der Waals surface area (Å²) >= 11 is 0. The first-order valence-electron chi connectivity index (χ1n) is 6.04. The lowest BCUT2D eigenvalue weighted by molar-refractivity contribution is -0.130. The summed E-state index contributed by atoms with van der Waals surface area (Å²) in [5, 5.41) is 14.8. The van der Waals surface area contributed by atoms with Gasteiger partial charge in [-0.05, 0) is 12.4 Å². The maximum atomic E-state index is 12.4. The standard InChI is InChI=1S/C12H16BN3O3/c1-13(19)14-8-12(9-6-4-3-5-7-9)10(17)16(2)11(18)15-12/h3-7,14,19H,8H2,1-2H3,(H,15,18). The Hall–Kier alpha value is -1.86. The molecule has 1 aliphatic rings. The third kappa shape index (κ3) is 2.34. The normalized spacial score (nSPS) is 22.6. The maximum absolute atomic E-state index is 12.4. The first-order valence-corrected chi connectivity index (χ1v) is 6.04. The number of nitrogens with one attached hydrogen (secondary N) is 2. The molecule has 0 bridgehead atoms. The highest BCUT2D eigenvalue weighted by Gasteiger charge is 2.50. The second-order valence-corrected chi connectivity index (χ2v) is 4.62. The van der Waals surface area contributed by atoms with Crippen LogP contribution in [0.25, 0.3) is 0 Å². The Morgan fingerprint density at radius 1 is 1.37 bits per heavy atom. The lowest BCUT2D eigenvalue weighted by Gasteiger charge is -2.27. The molecule has 1 aliphatic heterocycles. The van der Waals surface area contributed by atoms with Crippen LogP contribution < -0.4 is 10.5 Å². The summed E-state index contributed by atoms with van der Waals surface area (Å²) in [6, 6.07) is 8.56. The average molecular weight is 261 g/mol. The Morgan fingerprint density at radius 3 is 2.47 bits per heavy atom. The minimum Gasteiger partial charge on any atom is -0.437 e. The summed E-state index contributed by atoms with van der Waals surface area (Å²) in [6.45, 7) is 1.69. The molecule has 1 unspecified atom stereocenters. The number of rotatable bonds is 4. The van der Waals surface area contributed by atoms with E-state index in [1.807, 2.05) is 6.07 Å². The Morgan fingerprint density at radius 2 is 2.00 bits per heavy atom. The highest BCUT2D eigenvalue weighted by atomic mass is 16.2. The fourth-order valence-electron chi connectivity index (χ4n) is 2.14. The molecule has 3 amide bonds. The molecule has 1 fully saturated rings. The molecule has 1 atom stereocenters. The third-order valence-electron chi connectivity index (χ3n) is 3.22. The monoisotopic (exact) mass is 261 g/mol. The zero-order valence-electron chi connectivity index (χ0n) is 10.9. The van der Waals surface area contributed by atoms with Crippen molar-refractivity contribution in [3.63, 3.8) is 0 Å². The number of benzene rings is 1. The van der Waals surface area contributed by atoms with Gasteiger partial charge in [0.1, 0.15) is 0 Å². The van der Waals surface area contributed by atoms with Gasteiger partial charge in [0.2, 0.25) is 0 Å². The summed E-state index contributed by atoms with van der Waals surface area (Å²) in [5.41, 5.74) is -0.477. The van der Waals surface area contributed by atoms with Gasteiger partial charge in [0.25, 0.3) is 5.91 Å². The third-order valence-corrected chi connectivity index (χ3v) is 3.22. The molecule has 1 aromatic rings. The van der Waals surface area contributed by atoms with E-state index in [9.17, 15) is 14.6 Å². The molecule has 0 aromatic heterocycles. The number of hydrogen-bond donors (Lipinski definition) is 3. The van der Waals surface area contributed by atoms with Gasteiger partial charge in [-0.2, -0.15) is 0 Å². The van der Waals surface area contributed by atoms with Gasteiger partial charge >= 0.3 is 13.1 Å². The van der Waals surface area contributed by atoms with Crippen molar-refractivity contribution in [1.29, 1.82) is 0 Å². The number of carbonyl (C=O) groups excluding carboxylic acids is 2. The molecule has 0 spiro atoms. The van der Waals surface area contributed by atoms with E-state index in [-0.39, 0.29) is 12.5 Å². The molecule has 100 valence electrons.